The number of amides is 1. The van der Waals surface area contributed by atoms with Crippen molar-refractivity contribution < 1.29 is 4.79 Å². The summed E-state index contributed by atoms with van der Waals surface area (Å²) in [5.41, 5.74) is 3.46. The van der Waals surface area contributed by atoms with Crippen LogP contribution in [-0.4, -0.2) is 18.0 Å². The molecule has 0 aromatic heterocycles. The van der Waals surface area contributed by atoms with Crippen LogP contribution < -0.4 is 10.6 Å². The van der Waals surface area contributed by atoms with Gasteiger partial charge in [-0.1, -0.05) is 42.5 Å². The minimum absolute atomic E-state index is 0.0343. The first-order valence-electron chi connectivity index (χ1n) is 8.22. The summed E-state index contributed by atoms with van der Waals surface area (Å²) in [7, 11) is 0. The molecule has 2 aromatic rings. The van der Waals surface area contributed by atoms with E-state index in [-0.39, 0.29) is 18.0 Å². The zero-order valence-corrected chi connectivity index (χ0v) is 14.2. The van der Waals surface area contributed by atoms with E-state index in [2.05, 4.69) is 29.7 Å². The van der Waals surface area contributed by atoms with Crippen molar-refractivity contribution in [1.82, 2.24) is 5.32 Å². The lowest BCUT2D eigenvalue weighted by Crippen LogP contribution is -2.42. The average molecular weight is 310 g/mol. The van der Waals surface area contributed by atoms with Crippen molar-refractivity contribution in [1.29, 1.82) is 0 Å². The number of benzene rings is 2. The molecule has 0 fully saturated rings. The zero-order valence-electron chi connectivity index (χ0n) is 14.2. The van der Waals surface area contributed by atoms with Crippen LogP contribution >= 0.6 is 0 Å². The maximum Gasteiger partial charge on any atom is 0.242 e. The molecule has 0 unspecified atom stereocenters. The van der Waals surface area contributed by atoms with E-state index in [9.17, 15) is 4.79 Å². The number of anilines is 1. The molecule has 2 atom stereocenters. The third-order valence-corrected chi connectivity index (χ3v) is 3.89. The van der Waals surface area contributed by atoms with Crippen LogP contribution in [0.4, 0.5) is 5.69 Å². The van der Waals surface area contributed by atoms with E-state index in [1.54, 1.807) is 0 Å². The third-order valence-electron chi connectivity index (χ3n) is 3.89. The standard InChI is InChI=1S/C20H26N2O/c1-15-8-7-11-19(14-15)22-17(3)20(23)21-16(2)12-13-18-9-5-4-6-10-18/h4-11,14,16-17,22H,12-13H2,1-3H3,(H,21,23)/t16-,17-/m0/s1. The smallest absolute Gasteiger partial charge is 0.242 e. The molecule has 3 heteroatoms. The van der Waals surface area contributed by atoms with Crippen LogP contribution in [-0.2, 0) is 11.2 Å². The highest BCUT2D eigenvalue weighted by Crippen LogP contribution is 2.11. The monoisotopic (exact) mass is 310 g/mol. The van der Waals surface area contributed by atoms with Gasteiger partial charge < -0.3 is 10.6 Å². The topological polar surface area (TPSA) is 41.1 Å². The molecule has 0 radical (unpaired) electrons. The Morgan fingerprint density at radius 1 is 1.04 bits per heavy atom. The predicted molar refractivity (Wildman–Crippen MR) is 96.6 cm³/mol. The zero-order chi connectivity index (χ0) is 16.7. The quantitative estimate of drug-likeness (QED) is 0.813. The minimum Gasteiger partial charge on any atom is -0.374 e. The van der Waals surface area contributed by atoms with Gasteiger partial charge in [-0.15, -0.1) is 0 Å². The molecule has 2 rings (SSSR count). The lowest BCUT2D eigenvalue weighted by Gasteiger charge is -2.19. The molecule has 23 heavy (non-hydrogen) atoms. The number of rotatable bonds is 7. The highest BCUT2D eigenvalue weighted by molar-refractivity contribution is 5.84. The van der Waals surface area contributed by atoms with Gasteiger partial charge >= 0.3 is 0 Å². The van der Waals surface area contributed by atoms with Crippen LogP contribution in [0.5, 0.6) is 0 Å². The summed E-state index contributed by atoms with van der Waals surface area (Å²) in [6, 6.07) is 18.3. The van der Waals surface area contributed by atoms with E-state index < -0.39 is 0 Å². The predicted octanol–water partition coefficient (Wildman–Crippen LogP) is 3.93. The molecule has 2 aromatic carbocycles. The number of nitrogens with one attached hydrogen (secondary N) is 2. The van der Waals surface area contributed by atoms with Crippen molar-refractivity contribution in [2.75, 3.05) is 5.32 Å². The molecule has 0 aliphatic heterocycles. The lowest BCUT2D eigenvalue weighted by atomic mass is 10.1. The Balaban J connectivity index is 1.78. The number of carbonyl (C=O) groups excluding carboxylic acids is 1. The number of carbonyl (C=O) groups is 1. The summed E-state index contributed by atoms with van der Waals surface area (Å²) < 4.78 is 0. The van der Waals surface area contributed by atoms with E-state index in [0.717, 1.165) is 18.5 Å². The van der Waals surface area contributed by atoms with Gasteiger partial charge in [-0.2, -0.15) is 0 Å². The molecular weight excluding hydrogens is 284 g/mol. The normalized spacial score (nSPS) is 13.2. The van der Waals surface area contributed by atoms with Crippen LogP contribution in [0.15, 0.2) is 54.6 Å². The fraction of sp³-hybridized carbons (Fsp3) is 0.350. The van der Waals surface area contributed by atoms with Crippen molar-refractivity contribution in [3.05, 3.63) is 65.7 Å². The van der Waals surface area contributed by atoms with Gasteiger partial charge in [0.2, 0.25) is 5.91 Å². The van der Waals surface area contributed by atoms with Gasteiger partial charge in [0, 0.05) is 11.7 Å². The molecule has 2 N–H and O–H groups in total. The SMILES string of the molecule is Cc1cccc(N[C@@H](C)C(=O)N[C@@H](C)CCc2ccccc2)c1. The molecule has 122 valence electrons. The Hall–Kier alpha value is -2.29. The van der Waals surface area contributed by atoms with E-state index in [1.807, 2.05) is 56.3 Å². The van der Waals surface area contributed by atoms with Crippen molar-refractivity contribution >= 4 is 11.6 Å². The molecular formula is C20H26N2O. The number of hydrogen-bond donors (Lipinski definition) is 2. The van der Waals surface area contributed by atoms with Crippen molar-refractivity contribution in [2.45, 2.75) is 45.7 Å². The summed E-state index contributed by atoms with van der Waals surface area (Å²) in [4.78, 5) is 12.3. The molecule has 0 aliphatic carbocycles. The van der Waals surface area contributed by atoms with Gasteiger partial charge in [-0.25, -0.2) is 0 Å². The molecule has 0 heterocycles. The largest absolute Gasteiger partial charge is 0.374 e. The van der Waals surface area contributed by atoms with Crippen LogP contribution in [0, 0.1) is 6.92 Å². The Morgan fingerprint density at radius 3 is 2.48 bits per heavy atom. The van der Waals surface area contributed by atoms with E-state index in [1.165, 1.54) is 11.1 Å². The molecule has 0 aliphatic rings. The van der Waals surface area contributed by atoms with Crippen molar-refractivity contribution in [3.63, 3.8) is 0 Å². The molecule has 3 nitrogen and oxygen atoms in total. The van der Waals surface area contributed by atoms with Crippen LogP contribution in [0.25, 0.3) is 0 Å². The second-order valence-corrected chi connectivity index (χ2v) is 6.17. The highest BCUT2D eigenvalue weighted by atomic mass is 16.2. The first-order chi connectivity index (χ1) is 11.0. The minimum atomic E-state index is -0.254. The van der Waals surface area contributed by atoms with Gasteiger partial charge in [-0.3, -0.25) is 4.79 Å². The molecule has 0 bridgehead atoms. The molecule has 0 saturated carbocycles. The number of aryl methyl sites for hydroxylation is 2. The Bertz CT molecular complexity index is 625. The van der Waals surface area contributed by atoms with Crippen LogP contribution in [0.3, 0.4) is 0 Å². The van der Waals surface area contributed by atoms with Gasteiger partial charge in [0.25, 0.3) is 0 Å². The van der Waals surface area contributed by atoms with Crippen LogP contribution in [0.1, 0.15) is 31.4 Å². The first kappa shape index (κ1) is 17.1. The second kappa shape index (κ2) is 8.37. The van der Waals surface area contributed by atoms with Gasteiger partial charge in [0.05, 0.1) is 0 Å². The maximum absolute atomic E-state index is 12.3. The average Bonchev–Trinajstić information content (AvgIpc) is 2.54. The summed E-state index contributed by atoms with van der Waals surface area (Å²) in [6.45, 7) is 5.99. The lowest BCUT2D eigenvalue weighted by molar-refractivity contribution is -0.122. The fourth-order valence-electron chi connectivity index (χ4n) is 2.52. The second-order valence-electron chi connectivity index (χ2n) is 6.17. The fourth-order valence-corrected chi connectivity index (χ4v) is 2.52. The van der Waals surface area contributed by atoms with Gasteiger partial charge in [0.15, 0.2) is 0 Å². The summed E-state index contributed by atoms with van der Waals surface area (Å²) in [6.07, 6.45) is 1.91. The van der Waals surface area contributed by atoms with E-state index in [4.69, 9.17) is 0 Å². The summed E-state index contributed by atoms with van der Waals surface area (Å²) >= 11 is 0. The summed E-state index contributed by atoms with van der Waals surface area (Å²) in [5.74, 6) is 0.0343. The Kier molecular flexibility index (Phi) is 6.21. The summed E-state index contributed by atoms with van der Waals surface area (Å²) in [5, 5.41) is 6.33. The Morgan fingerprint density at radius 2 is 1.78 bits per heavy atom. The van der Waals surface area contributed by atoms with Crippen LogP contribution in [0.2, 0.25) is 0 Å². The molecule has 0 saturated heterocycles. The third kappa shape index (κ3) is 5.78. The molecule has 0 spiro atoms. The highest BCUT2D eigenvalue weighted by Gasteiger charge is 2.15. The first-order valence-corrected chi connectivity index (χ1v) is 8.22. The van der Waals surface area contributed by atoms with Crippen molar-refractivity contribution in [2.24, 2.45) is 0 Å². The Labute approximate surface area is 139 Å². The van der Waals surface area contributed by atoms with E-state index >= 15 is 0 Å². The maximum atomic E-state index is 12.3. The number of hydrogen-bond acceptors (Lipinski definition) is 2. The van der Waals surface area contributed by atoms with Gasteiger partial charge in [0.1, 0.15) is 6.04 Å². The van der Waals surface area contributed by atoms with Crippen molar-refractivity contribution in [3.8, 4) is 0 Å². The van der Waals surface area contributed by atoms with E-state index in [0.29, 0.717) is 0 Å². The van der Waals surface area contributed by atoms with Gasteiger partial charge in [-0.05, 0) is 56.9 Å². The molecule has 1 amide bonds.